The maximum atomic E-state index is 11.9. The molecule has 0 aromatic rings. The van der Waals surface area contributed by atoms with E-state index in [1.165, 1.54) is 32.1 Å². The molecule has 0 bridgehead atoms. The number of carbonyl (C=O) groups excluding carboxylic acids is 1. The van der Waals surface area contributed by atoms with Crippen molar-refractivity contribution < 1.29 is 4.79 Å². The maximum absolute atomic E-state index is 11.9. The Kier molecular flexibility index (Phi) is 6.56. The monoisotopic (exact) mass is 240 g/mol. The zero-order valence-corrected chi connectivity index (χ0v) is 11.4. The molecule has 3 nitrogen and oxygen atoms in total. The fourth-order valence-electron chi connectivity index (χ4n) is 2.76. The van der Waals surface area contributed by atoms with Gasteiger partial charge in [-0.3, -0.25) is 4.79 Å². The molecule has 0 heterocycles. The SMILES string of the molecule is CCC(NC(=O)CC(C)CN)C1CCCCC1. The van der Waals surface area contributed by atoms with Crippen LogP contribution in [0.4, 0.5) is 0 Å². The van der Waals surface area contributed by atoms with Gasteiger partial charge in [0, 0.05) is 12.5 Å². The molecule has 1 rings (SSSR count). The van der Waals surface area contributed by atoms with Gasteiger partial charge in [0.1, 0.15) is 0 Å². The molecule has 0 aliphatic heterocycles. The van der Waals surface area contributed by atoms with Crippen molar-refractivity contribution in [1.29, 1.82) is 0 Å². The summed E-state index contributed by atoms with van der Waals surface area (Å²) in [6.07, 6.45) is 8.21. The van der Waals surface area contributed by atoms with Crippen LogP contribution in [0.25, 0.3) is 0 Å². The Balaban J connectivity index is 2.37. The van der Waals surface area contributed by atoms with E-state index in [1.54, 1.807) is 0 Å². The summed E-state index contributed by atoms with van der Waals surface area (Å²) in [7, 11) is 0. The van der Waals surface area contributed by atoms with Crippen molar-refractivity contribution in [2.75, 3.05) is 6.54 Å². The lowest BCUT2D eigenvalue weighted by Gasteiger charge is -2.30. The Labute approximate surface area is 106 Å². The first-order chi connectivity index (χ1) is 8.17. The molecule has 2 unspecified atom stereocenters. The van der Waals surface area contributed by atoms with E-state index in [1.807, 2.05) is 6.92 Å². The average Bonchev–Trinajstić information content (AvgIpc) is 2.36. The van der Waals surface area contributed by atoms with Crippen molar-refractivity contribution >= 4 is 5.91 Å². The van der Waals surface area contributed by atoms with Crippen molar-refractivity contribution in [2.24, 2.45) is 17.6 Å². The smallest absolute Gasteiger partial charge is 0.220 e. The van der Waals surface area contributed by atoms with Gasteiger partial charge in [0.15, 0.2) is 0 Å². The van der Waals surface area contributed by atoms with Gasteiger partial charge in [0.05, 0.1) is 0 Å². The van der Waals surface area contributed by atoms with E-state index in [4.69, 9.17) is 5.73 Å². The van der Waals surface area contributed by atoms with Crippen molar-refractivity contribution in [2.45, 2.75) is 64.8 Å². The summed E-state index contributed by atoms with van der Waals surface area (Å²) in [6, 6.07) is 0.382. The first-order valence-corrected chi connectivity index (χ1v) is 7.16. The minimum absolute atomic E-state index is 0.181. The molecule has 17 heavy (non-hydrogen) atoms. The topological polar surface area (TPSA) is 55.1 Å². The highest BCUT2D eigenvalue weighted by atomic mass is 16.1. The average molecular weight is 240 g/mol. The third kappa shape index (κ3) is 5.07. The lowest BCUT2D eigenvalue weighted by atomic mass is 9.83. The van der Waals surface area contributed by atoms with E-state index in [0.29, 0.717) is 30.8 Å². The number of hydrogen-bond donors (Lipinski definition) is 2. The lowest BCUT2D eigenvalue weighted by molar-refractivity contribution is -0.123. The van der Waals surface area contributed by atoms with Gasteiger partial charge in [-0.2, -0.15) is 0 Å². The van der Waals surface area contributed by atoms with Gasteiger partial charge in [-0.25, -0.2) is 0 Å². The van der Waals surface area contributed by atoms with Gasteiger partial charge in [-0.05, 0) is 37.6 Å². The molecule has 1 saturated carbocycles. The van der Waals surface area contributed by atoms with E-state index in [2.05, 4.69) is 12.2 Å². The van der Waals surface area contributed by atoms with Crippen LogP contribution >= 0.6 is 0 Å². The summed E-state index contributed by atoms with van der Waals surface area (Å²) >= 11 is 0. The minimum atomic E-state index is 0.181. The molecule has 0 aromatic heterocycles. The van der Waals surface area contributed by atoms with Crippen LogP contribution in [0.5, 0.6) is 0 Å². The highest BCUT2D eigenvalue weighted by Gasteiger charge is 2.23. The summed E-state index contributed by atoms with van der Waals surface area (Å²) in [5.74, 6) is 1.17. The predicted molar refractivity (Wildman–Crippen MR) is 71.6 cm³/mol. The van der Waals surface area contributed by atoms with Gasteiger partial charge in [-0.1, -0.05) is 33.1 Å². The highest BCUT2D eigenvalue weighted by molar-refractivity contribution is 5.76. The van der Waals surface area contributed by atoms with Crippen LogP contribution in [0.1, 0.15) is 58.8 Å². The second kappa shape index (κ2) is 7.70. The standard InChI is InChI=1S/C14H28N2O/c1-3-13(12-7-5-4-6-8-12)16-14(17)9-11(2)10-15/h11-13H,3-10,15H2,1-2H3,(H,16,17). The Hall–Kier alpha value is -0.570. The Bertz CT molecular complexity index is 224. The highest BCUT2D eigenvalue weighted by Crippen LogP contribution is 2.27. The summed E-state index contributed by atoms with van der Waals surface area (Å²) in [4.78, 5) is 11.9. The van der Waals surface area contributed by atoms with Crippen LogP contribution in [-0.4, -0.2) is 18.5 Å². The molecule has 0 spiro atoms. The van der Waals surface area contributed by atoms with E-state index in [-0.39, 0.29) is 5.91 Å². The lowest BCUT2D eigenvalue weighted by Crippen LogP contribution is -2.41. The Morgan fingerprint density at radius 3 is 2.53 bits per heavy atom. The largest absolute Gasteiger partial charge is 0.353 e. The fourth-order valence-corrected chi connectivity index (χ4v) is 2.76. The van der Waals surface area contributed by atoms with Gasteiger partial charge in [0.25, 0.3) is 0 Å². The van der Waals surface area contributed by atoms with Crippen LogP contribution in [-0.2, 0) is 4.79 Å². The van der Waals surface area contributed by atoms with Crippen molar-refractivity contribution in [3.05, 3.63) is 0 Å². The summed E-state index contributed by atoms with van der Waals surface area (Å²) in [5.41, 5.74) is 5.55. The third-order valence-electron chi connectivity index (χ3n) is 3.94. The van der Waals surface area contributed by atoms with E-state index in [0.717, 1.165) is 6.42 Å². The number of rotatable bonds is 6. The molecule has 2 atom stereocenters. The van der Waals surface area contributed by atoms with E-state index < -0.39 is 0 Å². The normalized spacial score (nSPS) is 20.9. The number of nitrogens with one attached hydrogen (secondary N) is 1. The second-order valence-corrected chi connectivity index (χ2v) is 5.53. The van der Waals surface area contributed by atoms with Crippen LogP contribution in [0, 0.1) is 11.8 Å². The molecule has 0 radical (unpaired) electrons. The maximum Gasteiger partial charge on any atom is 0.220 e. The first kappa shape index (κ1) is 14.5. The van der Waals surface area contributed by atoms with Gasteiger partial charge >= 0.3 is 0 Å². The summed E-state index contributed by atoms with van der Waals surface area (Å²) in [6.45, 7) is 4.79. The summed E-state index contributed by atoms with van der Waals surface area (Å²) < 4.78 is 0. The van der Waals surface area contributed by atoms with Crippen LogP contribution in [0.2, 0.25) is 0 Å². The number of carbonyl (C=O) groups is 1. The van der Waals surface area contributed by atoms with Gasteiger partial charge in [0.2, 0.25) is 5.91 Å². The van der Waals surface area contributed by atoms with Crippen LogP contribution in [0.15, 0.2) is 0 Å². The molecule has 1 aliphatic carbocycles. The number of amides is 1. The minimum Gasteiger partial charge on any atom is -0.353 e. The Morgan fingerprint density at radius 1 is 1.35 bits per heavy atom. The molecular weight excluding hydrogens is 212 g/mol. The molecule has 0 saturated heterocycles. The molecule has 0 aromatic carbocycles. The molecule has 1 amide bonds. The molecule has 3 heteroatoms. The zero-order chi connectivity index (χ0) is 12.7. The summed E-state index contributed by atoms with van der Waals surface area (Å²) in [5, 5.41) is 3.21. The third-order valence-corrected chi connectivity index (χ3v) is 3.94. The molecular formula is C14H28N2O. The van der Waals surface area contributed by atoms with Crippen LogP contribution < -0.4 is 11.1 Å². The van der Waals surface area contributed by atoms with Crippen molar-refractivity contribution in [3.63, 3.8) is 0 Å². The number of nitrogens with two attached hydrogens (primary N) is 1. The molecule has 100 valence electrons. The first-order valence-electron chi connectivity index (χ1n) is 7.16. The molecule has 1 fully saturated rings. The fraction of sp³-hybridized carbons (Fsp3) is 0.929. The van der Waals surface area contributed by atoms with Crippen molar-refractivity contribution in [3.8, 4) is 0 Å². The van der Waals surface area contributed by atoms with Gasteiger partial charge in [-0.15, -0.1) is 0 Å². The van der Waals surface area contributed by atoms with Gasteiger partial charge < -0.3 is 11.1 Å². The van der Waals surface area contributed by atoms with Crippen molar-refractivity contribution in [1.82, 2.24) is 5.32 Å². The van der Waals surface area contributed by atoms with Crippen LogP contribution in [0.3, 0.4) is 0 Å². The van der Waals surface area contributed by atoms with E-state index >= 15 is 0 Å². The number of hydrogen-bond acceptors (Lipinski definition) is 2. The second-order valence-electron chi connectivity index (χ2n) is 5.53. The molecule has 3 N–H and O–H groups in total. The van der Waals surface area contributed by atoms with E-state index in [9.17, 15) is 4.79 Å². The zero-order valence-electron chi connectivity index (χ0n) is 11.4. The quantitative estimate of drug-likeness (QED) is 0.749. The Morgan fingerprint density at radius 2 is 2.00 bits per heavy atom. The predicted octanol–water partition coefficient (Wildman–Crippen LogP) is 2.45. The molecule has 1 aliphatic rings.